The quantitative estimate of drug-likeness (QED) is 0.869. The number of hydrogen-bond donors (Lipinski definition) is 1. The molecule has 112 valence electrons. The first-order chi connectivity index (χ1) is 10.1. The lowest BCUT2D eigenvalue weighted by atomic mass is 9.87. The summed E-state index contributed by atoms with van der Waals surface area (Å²) < 4.78 is 5.34. The smallest absolute Gasteiger partial charge is 0.220 e. The molecule has 0 saturated carbocycles. The third-order valence-electron chi connectivity index (χ3n) is 3.62. The van der Waals surface area contributed by atoms with E-state index in [1.807, 2.05) is 13.0 Å². The van der Waals surface area contributed by atoms with Gasteiger partial charge in [-0.15, -0.1) is 0 Å². The fourth-order valence-electron chi connectivity index (χ4n) is 2.59. The molecule has 2 heterocycles. The Labute approximate surface area is 125 Å². The maximum atomic E-state index is 12.0. The summed E-state index contributed by atoms with van der Waals surface area (Å²) in [6, 6.07) is 3.99. The van der Waals surface area contributed by atoms with Gasteiger partial charge in [0.25, 0.3) is 0 Å². The molecule has 1 N–H and O–H groups in total. The van der Waals surface area contributed by atoms with Crippen LogP contribution in [0.1, 0.15) is 49.9 Å². The van der Waals surface area contributed by atoms with E-state index in [0.717, 1.165) is 30.5 Å². The van der Waals surface area contributed by atoms with Gasteiger partial charge in [-0.25, -0.2) is 0 Å². The molecule has 1 aliphatic rings. The Hall–Kier alpha value is -1.93. The Morgan fingerprint density at radius 2 is 2.24 bits per heavy atom. The van der Waals surface area contributed by atoms with Crippen LogP contribution in [0.15, 0.2) is 12.3 Å². The second kappa shape index (κ2) is 6.68. The zero-order chi connectivity index (χ0) is 15.3. The van der Waals surface area contributed by atoms with E-state index < -0.39 is 5.54 Å². The number of nitrogens with one attached hydrogen (secondary N) is 1. The second-order valence-electron chi connectivity index (χ2n) is 5.47. The normalized spacial score (nSPS) is 15.9. The fourth-order valence-corrected chi connectivity index (χ4v) is 2.59. The van der Waals surface area contributed by atoms with Gasteiger partial charge in [0, 0.05) is 12.6 Å². The van der Waals surface area contributed by atoms with Crippen molar-refractivity contribution in [2.45, 2.75) is 45.1 Å². The van der Waals surface area contributed by atoms with E-state index in [4.69, 9.17) is 10.00 Å². The summed E-state index contributed by atoms with van der Waals surface area (Å²) in [7, 11) is 0. The van der Waals surface area contributed by atoms with E-state index in [-0.39, 0.29) is 5.91 Å². The highest BCUT2D eigenvalue weighted by Gasteiger charge is 2.44. The number of carbonyl (C=O) groups is 1. The second-order valence-corrected chi connectivity index (χ2v) is 5.47. The maximum Gasteiger partial charge on any atom is 0.220 e. The predicted molar refractivity (Wildman–Crippen MR) is 78.5 cm³/mol. The Morgan fingerprint density at radius 3 is 2.76 bits per heavy atom. The van der Waals surface area contributed by atoms with E-state index in [1.54, 1.807) is 6.20 Å². The molecular formula is C16H21N3O2. The van der Waals surface area contributed by atoms with Gasteiger partial charge < -0.3 is 10.1 Å². The molecule has 1 aromatic heterocycles. The minimum Gasteiger partial charge on any atom is -0.376 e. The minimum atomic E-state index is -0.523. The maximum absolute atomic E-state index is 12.0. The standard InChI is InChI=1S/C16H21N3O2/c1-3-5-13-7-12(8-17)9-18-15(13)16(10-21-11-16)19-14(20)6-4-2/h7,9H,3-6,10-11H2,1-2H3,(H,19,20). The van der Waals surface area contributed by atoms with Crippen molar-refractivity contribution in [1.82, 2.24) is 10.3 Å². The van der Waals surface area contributed by atoms with E-state index in [0.29, 0.717) is 25.2 Å². The Bertz CT molecular complexity index is 559. The summed E-state index contributed by atoms with van der Waals surface area (Å²) in [5, 5.41) is 12.1. The van der Waals surface area contributed by atoms with Gasteiger partial charge in [0.1, 0.15) is 11.6 Å². The molecule has 5 nitrogen and oxygen atoms in total. The Morgan fingerprint density at radius 1 is 1.48 bits per heavy atom. The van der Waals surface area contributed by atoms with Gasteiger partial charge in [0.05, 0.1) is 24.5 Å². The molecule has 0 aromatic carbocycles. The van der Waals surface area contributed by atoms with Crippen LogP contribution in [0.3, 0.4) is 0 Å². The van der Waals surface area contributed by atoms with Gasteiger partial charge in [-0.1, -0.05) is 20.3 Å². The molecule has 0 unspecified atom stereocenters. The molecular weight excluding hydrogens is 266 g/mol. The van der Waals surface area contributed by atoms with Crippen molar-refractivity contribution in [3.8, 4) is 6.07 Å². The topological polar surface area (TPSA) is 75.0 Å². The van der Waals surface area contributed by atoms with Crippen LogP contribution in [0, 0.1) is 11.3 Å². The van der Waals surface area contributed by atoms with Gasteiger partial charge in [0.2, 0.25) is 5.91 Å². The number of aryl methyl sites for hydroxylation is 1. The first-order valence-electron chi connectivity index (χ1n) is 7.43. The van der Waals surface area contributed by atoms with Crippen LogP contribution in [0.2, 0.25) is 0 Å². The molecule has 0 atom stereocenters. The average Bonchev–Trinajstić information content (AvgIpc) is 2.44. The largest absolute Gasteiger partial charge is 0.376 e. The third-order valence-corrected chi connectivity index (χ3v) is 3.62. The van der Waals surface area contributed by atoms with E-state index in [1.165, 1.54) is 0 Å². The molecule has 1 aliphatic heterocycles. The van der Waals surface area contributed by atoms with Gasteiger partial charge in [-0.2, -0.15) is 5.26 Å². The van der Waals surface area contributed by atoms with Crippen LogP contribution < -0.4 is 5.32 Å². The van der Waals surface area contributed by atoms with Crippen LogP contribution in [0.4, 0.5) is 0 Å². The summed E-state index contributed by atoms with van der Waals surface area (Å²) in [4.78, 5) is 16.4. The van der Waals surface area contributed by atoms with Crippen LogP contribution in [-0.4, -0.2) is 24.1 Å². The van der Waals surface area contributed by atoms with Crippen molar-refractivity contribution in [1.29, 1.82) is 5.26 Å². The molecule has 21 heavy (non-hydrogen) atoms. The number of rotatable bonds is 6. The van der Waals surface area contributed by atoms with Gasteiger partial charge in [0.15, 0.2) is 0 Å². The number of nitriles is 1. The van der Waals surface area contributed by atoms with Crippen molar-refractivity contribution < 1.29 is 9.53 Å². The average molecular weight is 287 g/mol. The lowest BCUT2D eigenvalue weighted by Crippen LogP contribution is -2.60. The van der Waals surface area contributed by atoms with Crippen molar-refractivity contribution in [2.24, 2.45) is 0 Å². The number of ether oxygens (including phenoxy) is 1. The zero-order valence-corrected chi connectivity index (χ0v) is 12.6. The summed E-state index contributed by atoms with van der Waals surface area (Å²) >= 11 is 0. The van der Waals surface area contributed by atoms with Crippen LogP contribution >= 0.6 is 0 Å². The number of amides is 1. The lowest BCUT2D eigenvalue weighted by molar-refractivity contribution is -0.134. The SMILES string of the molecule is CCCC(=O)NC1(c2ncc(C#N)cc2CCC)COC1. The first kappa shape index (κ1) is 15.5. The number of hydrogen-bond acceptors (Lipinski definition) is 4. The molecule has 2 rings (SSSR count). The van der Waals surface area contributed by atoms with Gasteiger partial charge >= 0.3 is 0 Å². The molecule has 1 amide bonds. The fraction of sp³-hybridized carbons (Fsp3) is 0.562. The van der Waals surface area contributed by atoms with Gasteiger partial charge in [-0.05, 0) is 24.5 Å². The van der Waals surface area contributed by atoms with Crippen LogP contribution in [-0.2, 0) is 21.5 Å². The highest BCUT2D eigenvalue weighted by atomic mass is 16.5. The predicted octanol–water partition coefficient (Wildman–Crippen LogP) is 2.05. The van der Waals surface area contributed by atoms with Crippen LogP contribution in [0.25, 0.3) is 0 Å². The summed E-state index contributed by atoms with van der Waals surface area (Å²) in [5.41, 5.74) is 1.90. The lowest BCUT2D eigenvalue weighted by Gasteiger charge is -2.42. The molecule has 1 fully saturated rings. The molecule has 0 spiro atoms. The van der Waals surface area contributed by atoms with E-state index >= 15 is 0 Å². The molecule has 5 heteroatoms. The summed E-state index contributed by atoms with van der Waals surface area (Å²) in [6.07, 6.45) is 4.68. The third kappa shape index (κ3) is 3.22. The van der Waals surface area contributed by atoms with E-state index in [9.17, 15) is 4.79 Å². The van der Waals surface area contributed by atoms with Crippen molar-refractivity contribution in [3.63, 3.8) is 0 Å². The van der Waals surface area contributed by atoms with Gasteiger partial charge in [-0.3, -0.25) is 9.78 Å². The minimum absolute atomic E-state index is 0.0226. The number of nitrogens with zero attached hydrogens (tertiary/aromatic N) is 2. The monoisotopic (exact) mass is 287 g/mol. The number of pyridine rings is 1. The van der Waals surface area contributed by atoms with Crippen molar-refractivity contribution in [2.75, 3.05) is 13.2 Å². The van der Waals surface area contributed by atoms with Crippen molar-refractivity contribution in [3.05, 3.63) is 29.1 Å². The van der Waals surface area contributed by atoms with Crippen molar-refractivity contribution >= 4 is 5.91 Å². The molecule has 0 aliphatic carbocycles. The zero-order valence-electron chi connectivity index (χ0n) is 12.6. The summed E-state index contributed by atoms with van der Waals surface area (Å²) in [6.45, 7) is 4.95. The molecule has 1 aromatic rings. The Kier molecular flexibility index (Phi) is 4.92. The highest BCUT2D eigenvalue weighted by molar-refractivity contribution is 5.77. The Balaban J connectivity index is 2.33. The molecule has 0 bridgehead atoms. The number of carbonyl (C=O) groups excluding carboxylic acids is 1. The number of aromatic nitrogens is 1. The first-order valence-corrected chi connectivity index (χ1v) is 7.43. The van der Waals surface area contributed by atoms with E-state index in [2.05, 4.69) is 23.3 Å². The highest BCUT2D eigenvalue weighted by Crippen LogP contribution is 2.31. The van der Waals surface area contributed by atoms with Crippen LogP contribution in [0.5, 0.6) is 0 Å². The summed E-state index contributed by atoms with van der Waals surface area (Å²) in [5.74, 6) is 0.0226. The molecule has 1 saturated heterocycles. The molecule has 0 radical (unpaired) electrons.